The fraction of sp³-hybridized carbons (Fsp3) is 0.130. The smallest absolute Gasteiger partial charge is 0.338 e. The summed E-state index contributed by atoms with van der Waals surface area (Å²) in [4.78, 5) is 16.7. The summed E-state index contributed by atoms with van der Waals surface area (Å²) in [6.45, 7) is 0.348. The number of hydrogen-bond donors (Lipinski definition) is 0. The second-order valence-corrected chi connectivity index (χ2v) is 6.29. The Morgan fingerprint density at radius 1 is 0.931 bits per heavy atom. The lowest BCUT2D eigenvalue weighted by Crippen LogP contribution is -2.06. The van der Waals surface area contributed by atoms with Crippen molar-refractivity contribution in [2.45, 2.75) is 13.2 Å². The number of aromatic nitrogens is 1. The minimum absolute atomic E-state index is 0.0535. The summed E-state index contributed by atoms with van der Waals surface area (Å²) in [5.41, 5.74) is 2.77. The van der Waals surface area contributed by atoms with Crippen molar-refractivity contribution in [2.75, 3.05) is 7.11 Å². The van der Waals surface area contributed by atoms with Crippen LogP contribution >= 0.6 is 0 Å². The number of oxazole rings is 1. The minimum atomic E-state index is -0.500. The lowest BCUT2D eigenvalue weighted by Gasteiger charge is -2.12. The van der Waals surface area contributed by atoms with Gasteiger partial charge in [0.05, 0.1) is 12.7 Å². The minimum Gasteiger partial charge on any atom is -0.493 e. The molecule has 4 aromatic rings. The van der Waals surface area contributed by atoms with Crippen molar-refractivity contribution in [3.8, 4) is 11.5 Å². The molecule has 0 bridgehead atoms. The topological polar surface area (TPSA) is 70.8 Å². The van der Waals surface area contributed by atoms with Crippen molar-refractivity contribution in [1.29, 1.82) is 0 Å². The molecular formula is C23H19NO5. The average molecular weight is 389 g/mol. The average Bonchev–Trinajstić information content (AvgIpc) is 3.19. The first-order chi connectivity index (χ1) is 14.2. The molecule has 29 heavy (non-hydrogen) atoms. The number of carbonyl (C=O) groups excluding carboxylic acids is 1. The van der Waals surface area contributed by atoms with E-state index in [9.17, 15) is 4.79 Å². The summed E-state index contributed by atoms with van der Waals surface area (Å²) in [6, 6.07) is 22.1. The molecule has 0 N–H and O–H groups in total. The molecule has 0 atom stereocenters. The van der Waals surface area contributed by atoms with Crippen molar-refractivity contribution in [3.05, 3.63) is 89.8 Å². The highest BCUT2D eigenvalue weighted by Gasteiger charge is 2.14. The summed E-state index contributed by atoms with van der Waals surface area (Å²) < 4.78 is 22.1. The normalized spacial score (nSPS) is 10.7. The first kappa shape index (κ1) is 18.6. The molecule has 1 aromatic heterocycles. The maximum Gasteiger partial charge on any atom is 0.338 e. The third-order valence-corrected chi connectivity index (χ3v) is 4.30. The van der Waals surface area contributed by atoms with Gasteiger partial charge in [-0.2, -0.15) is 0 Å². The fourth-order valence-electron chi connectivity index (χ4n) is 2.84. The van der Waals surface area contributed by atoms with Crippen LogP contribution in [-0.4, -0.2) is 18.1 Å². The van der Waals surface area contributed by atoms with E-state index >= 15 is 0 Å². The fourth-order valence-corrected chi connectivity index (χ4v) is 2.84. The summed E-state index contributed by atoms with van der Waals surface area (Å²) in [6.07, 6.45) is 0. The Morgan fingerprint density at radius 2 is 1.72 bits per heavy atom. The number of methoxy groups -OCH3 is 1. The van der Waals surface area contributed by atoms with Gasteiger partial charge in [0.15, 0.2) is 23.7 Å². The predicted molar refractivity (Wildman–Crippen MR) is 107 cm³/mol. The van der Waals surface area contributed by atoms with Gasteiger partial charge in [-0.1, -0.05) is 42.5 Å². The lowest BCUT2D eigenvalue weighted by molar-refractivity contribution is 0.0440. The summed E-state index contributed by atoms with van der Waals surface area (Å²) in [5, 5.41) is 0. The quantitative estimate of drug-likeness (QED) is 0.424. The van der Waals surface area contributed by atoms with E-state index in [1.165, 1.54) is 7.11 Å². The van der Waals surface area contributed by atoms with Crippen LogP contribution in [0.1, 0.15) is 21.8 Å². The third kappa shape index (κ3) is 4.38. The zero-order chi connectivity index (χ0) is 20.1. The van der Waals surface area contributed by atoms with Crippen molar-refractivity contribution >= 4 is 17.1 Å². The number of ether oxygens (including phenoxy) is 3. The van der Waals surface area contributed by atoms with E-state index in [0.29, 0.717) is 35.1 Å². The number of para-hydroxylation sites is 2. The molecule has 0 radical (unpaired) electrons. The molecule has 0 amide bonds. The van der Waals surface area contributed by atoms with Gasteiger partial charge in [0.25, 0.3) is 0 Å². The number of rotatable bonds is 7. The zero-order valence-corrected chi connectivity index (χ0v) is 15.8. The van der Waals surface area contributed by atoms with Gasteiger partial charge in [-0.3, -0.25) is 0 Å². The van der Waals surface area contributed by atoms with Gasteiger partial charge in [0.2, 0.25) is 5.89 Å². The number of hydrogen-bond acceptors (Lipinski definition) is 6. The number of nitrogens with zero attached hydrogens (tertiary/aromatic N) is 1. The molecule has 0 spiro atoms. The molecule has 6 nitrogen and oxygen atoms in total. The largest absolute Gasteiger partial charge is 0.493 e. The third-order valence-electron chi connectivity index (χ3n) is 4.30. The Morgan fingerprint density at radius 3 is 2.52 bits per heavy atom. The van der Waals surface area contributed by atoms with Gasteiger partial charge < -0.3 is 18.6 Å². The molecular weight excluding hydrogens is 370 g/mol. The van der Waals surface area contributed by atoms with Crippen LogP contribution in [0.4, 0.5) is 0 Å². The molecule has 146 valence electrons. The highest BCUT2D eigenvalue weighted by molar-refractivity contribution is 5.90. The second kappa shape index (κ2) is 8.48. The Labute approximate surface area is 167 Å². The van der Waals surface area contributed by atoms with E-state index in [1.807, 2.05) is 54.6 Å². The van der Waals surface area contributed by atoms with E-state index in [4.69, 9.17) is 18.6 Å². The Bertz CT molecular complexity index is 1090. The molecule has 0 aliphatic rings. The summed E-state index contributed by atoms with van der Waals surface area (Å²) in [5.74, 6) is 0.846. The van der Waals surface area contributed by atoms with Gasteiger partial charge in [-0.15, -0.1) is 0 Å². The van der Waals surface area contributed by atoms with Gasteiger partial charge in [0.1, 0.15) is 12.1 Å². The molecule has 0 saturated carbocycles. The highest BCUT2D eigenvalue weighted by Crippen LogP contribution is 2.29. The molecule has 0 fully saturated rings. The molecule has 6 heteroatoms. The molecule has 0 unspecified atom stereocenters. The lowest BCUT2D eigenvalue weighted by atomic mass is 10.2. The molecule has 0 aliphatic carbocycles. The maximum absolute atomic E-state index is 12.4. The van der Waals surface area contributed by atoms with Gasteiger partial charge in [0, 0.05) is 0 Å². The second-order valence-electron chi connectivity index (χ2n) is 6.29. The summed E-state index contributed by atoms with van der Waals surface area (Å²) >= 11 is 0. The molecule has 0 saturated heterocycles. The van der Waals surface area contributed by atoms with E-state index < -0.39 is 5.97 Å². The number of carbonyl (C=O) groups is 1. The van der Waals surface area contributed by atoms with E-state index in [0.717, 1.165) is 11.1 Å². The van der Waals surface area contributed by atoms with Crippen molar-refractivity contribution in [2.24, 2.45) is 0 Å². The van der Waals surface area contributed by atoms with Crippen molar-refractivity contribution in [1.82, 2.24) is 4.98 Å². The van der Waals surface area contributed by atoms with Crippen molar-refractivity contribution in [3.63, 3.8) is 0 Å². The number of benzene rings is 3. The van der Waals surface area contributed by atoms with Crippen molar-refractivity contribution < 1.29 is 23.4 Å². The van der Waals surface area contributed by atoms with Crippen LogP contribution in [0.5, 0.6) is 11.5 Å². The van der Waals surface area contributed by atoms with Crippen LogP contribution in [0.15, 0.2) is 77.2 Å². The Balaban J connectivity index is 1.41. The first-order valence-electron chi connectivity index (χ1n) is 9.09. The van der Waals surface area contributed by atoms with Crippen LogP contribution < -0.4 is 9.47 Å². The monoisotopic (exact) mass is 389 g/mol. The Kier molecular flexibility index (Phi) is 5.42. The van der Waals surface area contributed by atoms with Crippen LogP contribution in [-0.2, 0) is 18.0 Å². The standard InChI is InChI=1S/C23H19NO5/c1-26-21-13-17(11-12-20(21)27-14-16-7-3-2-4-8-16)23(25)28-15-22-24-18-9-5-6-10-19(18)29-22/h2-13H,14-15H2,1H3. The Hall–Kier alpha value is -3.80. The van der Waals surface area contributed by atoms with E-state index in [-0.39, 0.29) is 6.61 Å². The van der Waals surface area contributed by atoms with Gasteiger partial charge in [-0.25, -0.2) is 9.78 Å². The molecule has 0 aliphatic heterocycles. The van der Waals surface area contributed by atoms with Crippen LogP contribution in [0.3, 0.4) is 0 Å². The number of fused-ring (bicyclic) bond motifs is 1. The van der Waals surface area contributed by atoms with Gasteiger partial charge in [-0.05, 0) is 35.9 Å². The first-order valence-corrected chi connectivity index (χ1v) is 9.09. The molecule has 4 rings (SSSR count). The SMILES string of the molecule is COc1cc(C(=O)OCc2nc3ccccc3o2)ccc1OCc1ccccc1. The van der Waals surface area contributed by atoms with Gasteiger partial charge >= 0.3 is 5.97 Å². The van der Waals surface area contributed by atoms with Crippen LogP contribution in [0.2, 0.25) is 0 Å². The predicted octanol–water partition coefficient (Wildman–Crippen LogP) is 4.77. The van der Waals surface area contributed by atoms with Crippen LogP contribution in [0, 0.1) is 0 Å². The van der Waals surface area contributed by atoms with Crippen LogP contribution in [0.25, 0.3) is 11.1 Å². The number of esters is 1. The van der Waals surface area contributed by atoms with E-state index in [1.54, 1.807) is 18.2 Å². The maximum atomic E-state index is 12.4. The molecule has 3 aromatic carbocycles. The van der Waals surface area contributed by atoms with E-state index in [2.05, 4.69) is 4.98 Å². The molecule has 1 heterocycles. The highest BCUT2D eigenvalue weighted by atomic mass is 16.5. The zero-order valence-electron chi connectivity index (χ0n) is 15.8. The summed E-state index contributed by atoms with van der Waals surface area (Å²) in [7, 11) is 1.53.